The van der Waals surface area contributed by atoms with E-state index >= 15 is 0 Å². The normalized spacial score (nSPS) is 16.0. The van der Waals surface area contributed by atoms with Crippen LogP contribution in [0, 0.1) is 0 Å². The van der Waals surface area contributed by atoms with Gasteiger partial charge in [-0.15, -0.1) is 0 Å². The van der Waals surface area contributed by atoms with Crippen molar-refractivity contribution in [3.05, 3.63) is 24.3 Å². The Morgan fingerprint density at radius 2 is 1.62 bits per heavy atom. The number of carbonyl (C=O) groups is 1. The van der Waals surface area contributed by atoms with E-state index in [0.29, 0.717) is 12.6 Å². The fraction of sp³-hybridized carbons (Fsp3) is 0.650. The summed E-state index contributed by atoms with van der Waals surface area (Å²) in [4.78, 5) is 16.8. The summed E-state index contributed by atoms with van der Waals surface area (Å²) in [5.74, 6) is 0.0809. The van der Waals surface area contributed by atoms with Crippen molar-refractivity contribution in [2.45, 2.75) is 58.4 Å². The number of hydrogen-bond donors (Lipinski definition) is 1. The molecule has 1 amide bonds. The molecular formula is C20H33N3O. The van der Waals surface area contributed by atoms with Gasteiger partial charge in [-0.25, -0.2) is 0 Å². The van der Waals surface area contributed by atoms with Gasteiger partial charge in [-0.05, 0) is 58.0 Å². The summed E-state index contributed by atoms with van der Waals surface area (Å²) < 4.78 is 0. The predicted molar refractivity (Wildman–Crippen MR) is 103 cm³/mol. The van der Waals surface area contributed by atoms with Crippen molar-refractivity contribution in [1.82, 2.24) is 4.90 Å². The highest BCUT2D eigenvalue weighted by Crippen LogP contribution is 2.21. The lowest BCUT2D eigenvalue weighted by Gasteiger charge is -2.26. The average Bonchev–Trinajstić information content (AvgIpc) is 2.87. The number of rotatable bonds is 7. The number of carbonyl (C=O) groups excluding carboxylic acids is 1. The summed E-state index contributed by atoms with van der Waals surface area (Å²) in [5, 5.41) is 3.03. The summed E-state index contributed by atoms with van der Waals surface area (Å²) in [5.41, 5.74) is 2.08. The molecule has 1 aromatic carbocycles. The van der Waals surface area contributed by atoms with Crippen molar-refractivity contribution < 1.29 is 4.79 Å². The summed E-state index contributed by atoms with van der Waals surface area (Å²) in [7, 11) is 2.08. The third kappa shape index (κ3) is 5.52. The molecule has 1 N–H and O–H groups in total. The first-order chi connectivity index (χ1) is 11.6. The molecule has 0 aliphatic heterocycles. The molecular weight excluding hydrogens is 298 g/mol. The molecule has 4 nitrogen and oxygen atoms in total. The Labute approximate surface area is 147 Å². The molecule has 0 heterocycles. The first kappa shape index (κ1) is 18.8. The molecule has 0 atom stereocenters. The first-order valence-corrected chi connectivity index (χ1v) is 9.49. The third-order valence-corrected chi connectivity index (χ3v) is 5.12. The Morgan fingerprint density at radius 3 is 2.17 bits per heavy atom. The number of benzene rings is 1. The van der Waals surface area contributed by atoms with Crippen LogP contribution >= 0.6 is 0 Å². The van der Waals surface area contributed by atoms with E-state index in [2.05, 4.69) is 48.1 Å². The molecule has 0 unspecified atom stereocenters. The van der Waals surface area contributed by atoms with E-state index in [-0.39, 0.29) is 5.91 Å². The van der Waals surface area contributed by atoms with E-state index in [1.807, 2.05) is 12.1 Å². The van der Waals surface area contributed by atoms with Crippen molar-refractivity contribution in [2.75, 3.05) is 36.9 Å². The predicted octanol–water partition coefficient (Wildman–Crippen LogP) is 4.13. The molecule has 0 saturated heterocycles. The van der Waals surface area contributed by atoms with Gasteiger partial charge in [-0.3, -0.25) is 9.69 Å². The molecule has 4 heteroatoms. The van der Waals surface area contributed by atoms with Crippen LogP contribution in [-0.4, -0.2) is 43.5 Å². The second kappa shape index (κ2) is 9.67. The minimum Gasteiger partial charge on any atom is -0.372 e. The number of amides is 1. The van der Waals surface area contributed by atoms with Crippen LogP contribution < -0.4 is 10.2 Å². The number of likely N-dealkylation sites (N-methyl/N-ethyl adjacent to an activating group) is 1. The van der Waals surface area contributed by atoms with Crippen molar-refractivity contribution >= 4 is 17.3 Å². The largest absolute Gasteiger partial charge is 0.372 e. The molecule has 0 radical (unpaired) electrons. The fourth-order valence-corrected chi connectivity index (χ4v) is 3.60. The third-order valence-electron chi connectivity index (χ3n) is 5.12. The molecule has 24 heavy (non-hydrogen) atoms. The molecule has 1 fully saturated rings. The van der Waals surface area contributed by atoms with E-state index in [0.717, 1.165) is 18.8 Å². The zero-order valence-electron chi connectivity index (χ0n) is 15.6. The van der Waals surface area contributed by atoms with Crippen LogP contribution in [0.1, 0.15) is 52.4 Å². The molecule has 0 bridgehead atoms. The molecule has 134 valence electrons. The van der Waals surface area contributed by atoms with Gasteiger partial charge in [-0.2, -0.15) is 0 Å². The Bertz CT molecular complexity index is 488. The van der Waals surface area contributed by atoms with Crippen LogP contribution in [-0.2, 0) is 4.79 Å². The number of nitrogens with one attached hydrogen (secondary N) is 1. The summed E-state index contributed by atoms with van der Waals surface area (Å²) in [6.07, 6.45) is 7.72. The number of nitrogens with zero attached hydrogens (tertiary/aromatic N) is 2. The lowest BCUT2D eigenvalue weighted by atomic mass is 10.1. The second-order valence-electron chi connectivity index (χ2n) is 6.83. The molecule has 0 aromatic heterocycles. The highest BCUT2D eigenvalue weighted by molar-refractivity contribution is 5.92. The van der Waals surface area contributed by atoms with Crippen LogP contribution in [0.3, 0.4) is 0 Å². The van der Waals surface area contributed by atoms with Gasteiger partial charge in [0.25, 0.3) is 0 Å². The smallest absolute Gasteiger partial charge is 0.238 e. The molecule has 1 saturated carbocycles. The maximum absolute atomic E-state index is 12.3. The Hall–Kier alpha value is -1.55. The lowest BCUT2D eigenvalue weighted by Crippen LogP contribution is -2.37. The van der Waals surface area contributed by atoms with Gasteiger partial charge in [0.1, 0.15) is 0 Å². The van der Waals surface area contributed by atoms with Crippen molar-refractivity contribution in [3.63, 3.8) is 0 Å². The molecule has 0 spiro atoms. The van der Waals surface area contributed by atoms with Crippen molar-refractivity contribution in [1.29, 1.82) is 0 Å². The van der Waals surface area contributed by atoms with E-state index < -0.39 is 0 Å². The summed E-state index contributed by atoms with van der Waals surface area (Å²) >= 11 is 0. The molecule has 1 aliphatic carbocycles. The Kier molecular flexibility index (Phi) is 7.57. The SMILES string of the molecule is CCN(CC)c1ccc(NC(=O)CN(C)C2CCCCCC2)cc1. The van der Waals surface area contributed by atoms with Gasteiger partial charge in [-0.1, -0.05) is 25.7 Å². The van der Waals surface area contributed by atoms with E-state index in [1.165, 1.54) is 44.2 Å². The maximum Gasteiger partial charge on any atom is 0.238 e. The van der Waals surface area contributed by atoms with Gasteiger partial charge in [0, 0.05) is 30.5 Å². The summed E-state index contributed by atoms with van der Waals surface area (Å²) in [6.45, 7) is 6.77. The van der Waals surface area contributed by atoms with E-state index in [4.69, 9.17) is 0 Å². The molecule has 1 aliphatic rings. The highest BCUT2D eigenvalue weighted by atomic mass is 16.2. The highest BCUT2D eigenvalue weighted by Gasteiger charge is 2.18. The van der Waals surface area contributed by atoms with Gasteiger partial charge in [0.2, 0.25) is 5.91 Å². The lowest BCUT2D eigenvalue weighted by molar-refractivity contribution is -0.117. The average molecular weight is 332 g/mol. The maximum atomic E-state index is 12.3. The van der Waals surface area contributed by atoms with Crippen molar-refractivity contribution in [3.8, 4) is 0 Å². The van der Waals surface area contributed by atoms with Crippen molar-refractivity contribution in [2.24, 2.45) is 0 Å². The van der Waals surface area contributed by atoms with Crippen LogP contribution in [0.25, 0.3) is 0 Å². The molecule has 1 aromatic rings. The van der Waals surface area contributed by atoms with Gasteiger partial charge in [0.05, 0.1) is 6.54 Å². The Balaban J connectivity index is 1.85. The number of hydrogen-bond acceptors (Lipinski definition) is 3. The van der Waals surface area contributed by atoms with E-state index in [9.17, 15) is 4.79 Å². The monoisotopic (exact) mass is 331 g/mol. The zero-order chi connectivity index (χ0) is 17.4. The van der Waals surface area contributed by atoms with Crippen LogP contribution in [0.15, 0.2) is 24.3 Å². The number of anilines is 2. The van der Waals surface area contributed by atoms with Gasteiger partial charge < -0.3 is 10.2 Å². The fourth-order valence-electron chi connectivity index (χ4n) is 3.60. The molecule has 2 rings (SSSR count). The van der Waals surface area contributed by atoms with E-state index in [1.54, 1.807) is 0 Å². The minimum absolute atomic E-state index is 0.0809. The van der Waals surface area contributed by atoms with Gasteiger partial charge in [0.15, 0.2) is 0 Å². The summed E-state index contributed by atoms with van der Waals surface area (Å²) in [6, 6.07) is 8.72. The van der Waals surface area contributed by atoms with Crippen LogP contribution in [0.4, 0.5) is 11.4 Å². The first-order valence-electron chi connectivity index (χ1n) is 9.49. The minimum atomic E-state index is 0.0809. The van der Waals surface area contributed by atoms with Crippen LogP contribution in [0.5, 0.6) is 0 Å². The Morgan fingerprint density at radius 1 is 1.04 bits per heavy atom. The standard InChI is InChI=1S/C20H33N3O/c1-4-23(5-2)19-14-12-17(13-15-19)21-20(24)16-22(3)18-10-8-6-7-9-11-18/h12-15,18H,4-11,16H2,1-3H3,(H,21,24). The second-order valence-corrected chi connectivity index (χ2v) is 6.83. The topological polar surface area (TPSA) is 35.6 Å². The zero-order valence-corrected chi connectivity index (χ0v) is 15.6. The van der Waals surface area contributed by atoms with Gasteiger partial charge >= 0.3 is 0 Å². The quantitative estimate of drug-likeness (QED) is 0.763. The van der Waals surface area contributed by atoms with Crippen LogP contribution in [0.2, 0.25) is 0 Å².